The van der Waals surface area contributed by atoms with Crippen LogP contribution in [0.15, 0.2) is 0 Å². The van der Waals surface area contributed by atoms with Gasteiger partial charge in [-0.25, -0.2) is 0 Å². The summed E-state index contributed by atoms with van der Waals surface area (Å²) >= 11 is 0. The first-order valence-electron chi connectivity index (χ1n) is 12.1. The van der Waals surface area contributed by atoms with Crippen LogP contribution in [0.1, 0.15) is 99.3 Å². The van der Waals surface area contributed by atoms with Crippen molar-refractivity contribution < 1.29 is 45.5 Å². The largest absolute Gasteiger partial charge is 0.401 e. The zero-order valence-electron chi connectivity index (χ0n) is 21.4. The van der Waals surface area contributed by atoms with Crippen molar-refractivity contribution in [3.8, 4) is 0 Å². The van der Waals surface area contributed by atoms with Crippen molar-refractivity contribution in [1.82, 2.24) is 0 Å². The van der Waals surface area contributed by atoms with Crippen molar-refractivity contribution in [3.63, 3.8) is 0 Å². The summed E-state index contributed by atoms with van der Waals surface area (Å²) < 4.78 is 82.1. The van der Waals surface area contributed by atoms with Crippen molar-refractivity contribution in [3.05, 3.63) is 0 Å². The van der Waals surface area contributed by atoms with E-state index in [9.17, 15) is 45.5 Å². The van der Waals surface area contributed by atoms with Crippen molar-refractivity contribution in [2.45, 2.75) is 112 Å². The Labute approximate surface area is 203 Å². The van der Waals surface area contributed by atoms with E-state index < -0.39 is 96.7 Å². The molecule has 0 aliphatic carbocycles. The minimum Gasteiger partial charge on any atom is -0.299 e. The van der Waals surface area contributed by atoms with Crippen LogP contribution in [-0.4, -0.2) is 35.5 Å². The smallest absolute Gasteiger partial charge is 0.299 e. The van der Waals surface area contributed by atoms with Crippen LogP contribution in [0.25, 0.3) is 0 Å². The molecule has 4 nitrogen and oxygen atoms in total. The highest BCUT2D eigenvalue weighted by Gasteiger charge is 2.58. The highest BCUT2D eigenvalue weighted by atomic mass is 19.4. The number of ketones is 4. The summed E-state index contributed by atoms with van der Waals surface area (Å²) in [5.74, 6) is -4.72. The zero-order valence-corrected chi connectivity index (χ0v) is 21.4. The van der Waals surface area contributed by atoms with Crippen molar-refractivity contribution in [2.24, 2.45) is 22.7 Å². The molecule has 204 valence electrons. The first-order chi connectivity index (χ1) is 15.8. The van der Waals surface area contributed by atoms with E-state index in [0.29, 0.717) is 0 Å². The Bertz CT molecular complexity index is 750. The van der Waals surface area contributed by atoms with E-state index in [4.69, 9.17) is 0 Å². The Morgan fingerprint density at radius 1 is 0.686 bits per heavy atom. The molecule has 0 aliphatic rings. The summed E-state index contributed by atoms with van der Waals surface area (Å²) in [7, 11) is 0. The van der Waals surface area contributed by atoms with E-state index in [0.717, 1.165) is 0 Å². The van der Waals surface area contributed by atoms with Gasteiger partial charge >= 0.3 is 12.4 Å². The third-order valence-electron chi connectivity index (χ3n) is 7.18. The molecule has 0 amide bonds. The van der Waals surface area contributed by atoms with Gasteiger partial charge in [0.25, 0.3) is 0 Å². The van der Waals surface area contributed by atoms with Gasteiger partial charge in [0.1, 0.15) is 22.4 Å². The molecule has 0 bridgehead atoms. The SMILES string of the molecule is CCC(CC)(C(=O)CC(=O)CC(C)CCCC(CC)(C(=O)CC(=O)C(C)C)C(F)(F)F)C(F)(F)F. The Balaban J connectivity index is 5.23. The highest BCUT2D eigenvalue weighted by molar-refractivity contribution is 6.03. The number of Topliss-reactive ketones (excluding diaryl/α,β-unsaturated/α-hetero) is 4. The molecule has 35 heavy (non-hydrogen) atoms. The predicted octanol–water partition coefficient (Wildman–Crippen LogP) is 7.22. The van der Waals surface area contributed by atoms with Crippen molar-refractivity contribution in [1.29, 1.82) is 0 Å². The van der Waals surface area contributed by atoms with Crippen molar-refractivity contribution in [2.75, 3.05) is 0 Å². The standard InChI is InChI=1S/C25H38F6O4/c1-7-22(8-2,24(26,27)28)20(34)14-18(32)13-17(6)11-10-12-23(9-3,25(29,30)31)21(35)15-19(33)16(4)5/h16-17H,7-15H2,1-6H3. The molecule has 2 unspecified atom stereocenters. The fourth-order valence-corrected chi connectivity index (χ4v) is 4.41. The average Bonchev–Trinajstić information content (AvgIpc) is 2.70. The molecule has 0 aromatic rings. The first kappa shape index (κ1) is 33.3. The normalized spacial score (nSPS) is 15.6. The monoisotopic (exact) mass is 516 g/mol. The summed E-state index contributed by atoms with van der Waals surface area (Å²) in [5, 5.41) is 0. The summed E-state index contributed by atoms with van der Waals surface area (Å²) in [4.78, 5) is 49.0. The van der Waals surface area contributed by atoms with Gasteiger partial charge in [-0.3, -0.25) is 19.2 Å². The number of carbonyl (C=O) groups excluding carboxylic acids is 4. The maximum Gasteiger partial charge on any atom is 0.401 e. The molecule has 0 heterocycles. The van der Waals surface area contributed by atoms with Crippen LogP contribution in [0.4, 0.5) is 26.3 Å². The van der Waals surface area contributed by atoms with Gasteiger partial charge in [-0.2, -0.15) is 26.3 Å². The lowest BCUT2D eigenvalue weighted by molar-refractivity contribution is -0.225. The van der Waals surface area contributed by atoms with E-state index in [1.54, 1.807) is 6.92 Å². The Kier molecular flexibility index (Phi) is 12.3. The second-order valence-corrected chi connectivity index (χ2v) is 9.78. The highest BCUT2D eigenvalue weighted by Crippen LogP contribution is 2.47. The molecule has 0 aromatic carbocycles. The van der Waals surface area contributed by atoms with Gasteiger partial charge in [-0.15, -0.1) is 0 Å². The molecular formula is C25H38F6O4. The van der Waals surface area contributed by atoms with E-state index >= 15 is 0 Å². The topological polar surface area (TPSA) is 68.3 Å². The summed E-state index contributed by atoms with van der Waals surface area (Å²) in [5.41, 5.74) is -5.26. The van der Waals surface area contributed by atoms with Crippen LogP contribution in [0.5, 0.6) is 0 Å². The lowest BCUT2D eigenvalue weighted by atomic mass is 9.73. The van der Waals surface area contributed by atoms with Gasteiger partial charge in [0, 0.05) is 12.3 Å². The minimum absolute atomic E-state index is 0.0756. The van der Waals surface area contributed by atoms with Gasteiger partial charge in [-0.05, 0) is 31.6 Å². The molecular weight excluding hydrogens is 478 g/mol. The Hall–Kier alpha value is -1.74. The molecule has 0 N–H and O–H groups in total. The quantitative estimate of drug-likeness (QED) is 0.160. The summed E-state index contributed by atoms with van der Waals surface area (Å²) in [6.45, 7) is 8.26. The molecule has 0 saturated heterocycles. The van der Waals surface area contributed by atoms with Gasteiger partial charge in [0.15, 0.2) is 11.6 Å². The second-order valence-electron chi connectivity index (χ2n) is 9.78. The fourth-order valence-electron chi connectivity index (χ4n) is 4.41. The average molecular weight is 517 g/mol. The zero-order chi connectivity index (χ0) is 27.8. The molecule has 2 atom stereocenters. The van der Waals surface area contributed by atoms with Gasteiger partial charge in [0.2, 0.25) is 0 Å². The lowest BCUT2D eigenvalue weighted by Crippen LogP contribution is -2.45. The number of rotatable bonds is 16. The molecule has 10 heteroatoms. The van der Waals surface area contributed by atoms with Gasteiger partial charge < -0.3 is 0 Å². The predicted molar refractivity (Wildman–Crippen MR) is 120 cm³/mol. The van der Waals surface area contributed by atoms with Crippen LogP contribution in [0.3, 0.4) is 0 Å². The van der Waals surface area contributed by atoms with Gasteiger partial charge in [0.05, 0.1) is 12.8 Å². The number of carbonyl (C=O) groups is 4. The molecule has 0 aliphatic heterocycles. The number of hydrogen-bond acceptors (Lipinski definition) is 4. The Morgan fingerprint density at radius 3 is 1.49 bits per heavy atom. The summed E-state index contributed by atoms with van der Waals surface area (Å²) in [6.07, 6.45) is -13.6. The second kappa shape index (κ2) is 13.0. The van der Waals surface area contributed by atoms with E-state index in [-0.39, 0.29) is 19.3 Å². The van der Waals surface area contributed by atoms with Crippen LogP contribution >= 0.6 is 0 Å². The number of halogens is 6. The van der Waals surface area contributed by atoms with E-state index in [1.165, 1.54) is 34.6 Å². The van der Waals surface area contributed by atoms with Crippen molar-refractivity contribution >= 4 is 23.1 Å². The molecule has 0 fully saturated rings. The van der Waals surface area contributed by atoms with Crippen LogP contribution < -0.4 is 0 Å². The lowest BCUT2D eigenvalue weighted by Gasteiger charge is -2.34. The van der Waals surface area contributed by atoms with Crippen LogP contribution in [0, 0.1) is 22.7 Å². The first-order valence-corrected chi connectivity index (χ1v) is 12.1. The minimum atomic E-state index is -4.86. The summed E-state index contributed by atoms with van der Waals surface area (Å²) in [6, 6.07) is 0. The van der Waals surface area contributed by atoms with E-state index in [1.807, 2.05) is 0 Å². The maximum absolute atomic E-state index is 13.9. The van der Waals surface area contributed by atoms with Crippen LogP contribution in [-0.2, 0) is 19.2 Å². The molecule has 0 rings (SSSR count). The molecule has 0 aromatic heterocycles. The number of hydrogen-bond donors (Lipinski definition) is 0. The molecule has 0 radical (unpaired) electrons. The van der Waals surface area contributed by atoms with Gasteiger partial charge in [-0.1, -0.05) is 54.4 Å². The molecule has 0 saturated carbocycles. The fraction of sp³-hybridized carbons (Fsp3) is 0.840. The van der Waals surface area contributed by atoms with E-state index in [2.05, 4.69) is 0 Å². The maximum atomic E-state index is 13.9. The Morgan fingerprint density at radius 2 is 1.11 bits per heavy atom. The molecule has 0 spiro atoms. The van der Waals surface area contributed by atoms with Crippen LogP contribution in [0.2, 0.25) is 0 Å². The number of alkyl halides is 6. The third-order valence-corrected chi connectivity index (χ3v) is 7.18. The third kappa shape index (κ3) is 8.13.